The van der Waals surface area contributed by atoms with Crippen LogP contribution in [0.2, 0.25) is 0 Å². The fourth-order valence-electron chi connectivity index (χ4n) is 9.74. The monoisotopic (exact) mass is 606 g/mol. The Morgan fingerprint density at radius 3 is 2.41 bits per heavy atom. The van der Waals surface area contributed by atoms with Crippen LogP contribution in [0.15, 0.2) is 57.9 Å². The predicted molar refractivity (Wildman–Crippen MR) is 158 cm³/mol. The van der Waals surface area contributed by atoms with Crippen LogP contribution >= 0.6 is 0 Å². The number of benzene rings is 1. The van der Waals surface area contributed by atoms with Gasteiger partial charge in [0.05, 0.1) is 11.9 Å². The quantitative estimate of drug-likeness (QED) is 0.281. The molecule has 0 aliphatic heterocycles. The van der Waals surface area contributed by atoms with Gasteiger partial charge in [-0.3, -0.25) is 4.79 Å². The van der Waals surface area contributed by atoms with E-state index >= 15 is 0 Å². The van der Waals surface area contributed by atoms with E-state index in [9.17, 15) is 24.3 Å². The molecular formula is C35H42O9. The van der Waals surface area contributed by atoms with Crippen molar-refractivity contribution in [2.24, 2.45) is 28.6 Å². The molecule has 0 radical (unpaired) electrons. The third-order valence-corrected chi connectivity index (χ3v) is 11.8. The molecular weight excluding hydrogens is 564 g/mol. The third kappa shape index (κ3) is 5.17. The molecule has 0 bridgehead atoms. The van der Waals surface area contributed by atoms with E-state index in [0.29, 0.717) is 19.3 Å². The van der Waals surface area contributed by atoms with Gasteiger partial charge >= 0.3 is 23.5 Å². The van der Waals surface area contributed by atoms with Gasteiger partial charge in [0, 0.05) is 30.7 Å². The van der Waals surface area contributed by atoms with Crippen LogP contribution in [0.1, 0.15) is 89.2 Å². The third-order valence-electron chi connectivity index (χ3n) is 11.8. The summed E-state index contributed by atoms with van der Waals surface area (Å²) in [6.45, 7) is 5.82. The molecule has 2 aromatic rings. The van der Waals surface area contributed by atoms with Crippen molar-refractivity contribution in [3.8, 4) is 0 Å². The number of esters is 3. The Balaban J connectivity index is 1.16. The van der Waals surface area contributed by atoms with Crippen molar-refractivity contribution in [2.75, 3.05) is 0 Å². The first kappa shape index (κ1) is 30.6. The first-order chi connectivity index (χ1) is 20.9. The van der Waals surface area contributed by atoms with Crippen LogP contribution in [0.3, 0.4) is 0 Å². The molecule has 1 aromatic heterocycles. The van der Waals surface area contributed by atoms with Gasteiger partial charge in [-0.1, -0.05) is 44.2 Å². The molecule has 0 saturated heterocycles. The molecule has 0 amide bonds. The van der Waals surface area contributed by atoms with Gasteiger partial charge in [0.2, 0.25) is 0 Å². The summed E-state index contributed by atoms with van der Waals surface area (Å²) < 4.78 is 21.9. The van der Waals surface area contributed by atoms with Crippen molar-refractivity contribution in [1.82, 2.24) is 0 Å². The lowest BCUT2D eigenvalue weighted by molar-refractivity contribution is -0.208. The highest BCUT2D eigenvalue weighted by Gasteiger charge is 2.70. The van der Waals surface area contributed by atoms with E-state index in [1.54, 1.807) is 6.07 Å². The number of aliphatic hydroxyl groups is 1. The molecule has 9 heteroatoms. The fourth-order valence-corrected chi connectivity index (χ4v) is 9.74. The molecule has 1 N–H and O–H groups in total. The predicted octanol–water partition coefficient (Wildman–Crippen LogP) is 5.08. The average Bonchev–Trinajstić information content (AvgIpc) is 3.22. The molecule has 44 heavy (non-hydrogen) atoms. The molecule has 4 aliphatic carbocycles. The lowest BCUT2D eigenvalue weighted by Gasteiger charge is -2.63. The maximum absolute atomic E-state index is 12.7. The highest BCUT2D eigenvalue weighted by molar-refractivity contribution is 6.29. The van der Waals surface area contributed by atoms with Crippen molar-refractivity contribution >= 4 is 17.9 Å². The summed E-state index contributed by atoms with van der Waals surface area (Å²) in [6.07, 6.45) is 6.36. The van der Waals surface area contributed by atoms with Crippen LogP contribution in [-0.2, 0) is 35.2 Å². The van der Waals surface area contributed by atoms with Gasteiger partial charge in [-0.2, -0.15) is 0 Å². The van der Waals surface area contributed by atoms with Gasteiger partial charge in [-0.25, -0.2) is 14.4 Å². The molecule has 9 atom stereocenters. The van der Waals surface area contributed by atoms with E-state index in [4.69, 9.17) is 18.6 Å². The van der Waals surface area contributed by atoms with Crippen molar-refractivity contribution in [3.63, 3.8) is 0 Å². The van der Waals surface area contributed by atoms with Crippen LogP contribution in [0.25, 0.3) is 0 Å². The number of ether oxygens (including phenoxy) is 3. The maximum atomic E-state index is 12.7. The smallest absolute Gasteiger partial charge is 0.417 e. The molecule has 6 rings (SSSR count). The first-order valence-corrected chi connectivity index (χ1v) is 15.8. The Bertz CT molecular complexity index is 1450. The zero-order valence-corrected chi connectivity index (χ0v) is 25.7. The summed E-state index contributed by atoms with van der Waals surface area (Å²) in [5.74, 6) is -2.08. The van der Waals surface area contributed by atoms with Gasteiger partial charge in [-0.05, 0) is 85.3 Å². The van der Waals surface area contributed by atoms with E-state index in [-0.39, 0.29) is 41.8 Å². The van der Waals surface area contributed by atoms with Crippen LogP contribution in [0.5, 0.6) is 0 Å². The Morgan fingerprint density at radius 2 is 1.70 bits per heavy atom. The van der Waals surface area contributed by atoms with Gasteiger partial charge < -0.3 is 23.7 Å². The Hall–Kier alpha value is -3.46. The number of hydrogen-bond acceptors (Lipinski definition) is 9. The standard InChI is InChI=1S/C35H42O9/c1-21(36)43-28-18-35(40)27-11-10-24-17-25(44-32(39)31(38)42-19-22-7-5-4-6-8-22)13-15-33(24,2)26(27)14-16-34(35,3)30(28)23-9-12-29(37)41-20-23/h4-9,12,20,24-28,30,40H,10-11,13-19H2,1-3H3. The summed E-state index contributed by atoms with van der Waals surface area (Å²) in [7, 11) is 0. The maximum Gasteiger partial charge on any atom is 0.417 e. The molecule has 236 valence electrons. The number of carbonyl (C=O) groups is 3. The normalized spacial score (nSPS) is 37.5. The van der Waals surface area contributed by atoms with E-state index in [2.05, 4.69) is 13.8 Å². The van der Waals surface area contributed by atoms with Crippen LogP contribution in [0, 0.1) is 28.6 Å². The van der Waals surface area contributed by atoms with Gasteiger partial charge in [0.1, 0.15) is 18.8 Å². The highest BCUT2D eigenvalue weighted by atomic mass is 16.6. The second-order valence-corrected chi connectivity index (χ2v) is 14.0. The number of hydrogen-bond donors (Lipinski definition) is 1. The summed E-state index contributed by atoms with van der Waals surface area (Å²) in [6, 6.07) is 12.3. The average molecular weight is 607 g/mol. The lowest BCUT2D eigenvalue weighted by Crippen LogP contribution is -2.62. The molecule has 9 nitrogen and oxygen atoms in total. The topological polar surface area (TPSA) is 129 Å². The molecule has 1 heterocycles. The molecule has 0 spiro atoms. The minimum absolute atomic E-state index is 0.00773. The van der Waals surface area contributed by atoms with Crippen molar-refractivity contribution < 1.29 is 38.1 Å². The number of rotatable bonds is 5. The Morgan fingerprint density at radius 1 is 0.932 bits per heavy atom. The fraction of sp³-hybridized carbons (Fsp3) is 0.600. The second-order valence-electron chi connectivity index (χ2n) is 14.0. The molecule has 9 unspecified atom stereocenters. The van der Waals surface area contributed by atoms with Crippen LogP contribution in [-0.4, -0.2) is 40.8 Å². The minimum Gasteiger partial charge on any atom is -0.462 e. The SMILES string of the molecule is CC(=O)OC1CC2(O)C3CCC4CC(OC(=O)C(=O)OCc5ccccc5)CCC4(C)C3CCC2(C)C1c1ccc(=O)oc1. The van der Waals surface area contributed by atoms with Crippen LogP contribution in [0.4, 0.5) is 0 Å². The zero-order valence-electron chi connectivity index (χ0n) is 25.7. The summed E-state index contributed by atoms with van der Waals surface area (Å²) in [4.78, 5) is 48.8. The van der Waals surface area contributed by atoms with E-state index < -0.39 is 40.7 Å². The Kier molecular flexibility index (Phi) is 7.97. The van der Waals surface area contributed by atoms with Gasteiger partial charge in [-0.15, -0.1) is 0 Å². The molecule has 1 aromatic carbocycles. The molecule has 4 fully saturated rings. The highest BCUT2D eigenvalue weighted by Crippen LogP contribution is 2.71. The van der Waals surface area contributed by atoms with Crippen LogP contribution < -0.4 is 5.63 Å². The second kappa shape index (κ2) is 11.5. The van der Waals surface area contributed by atoms with E-state index in [1.165, 1.54) is 19.3 Å². The largest absolute Gasteiger partial charge is 0.462 e. The lowest BCUT2D eigenvalue weighted by atomic mass is 9.43. The number of carbonyl (C=O) groups excluding carboxylic acids is 3. The van der Waals surface area contributed by atoms with Crippen molar-refractivity contribution in [3.05, 3.63) is 70.3 Å². The van der Waals surface area contributed by atoms with Crippen molar-refractivity contribution in [2.45, 2.75) is 102 Å². The van der Waals surface area contributed by atoms with Gasteiger partial charge in [0.15, 0.2) is 0 Å². The van der Waals surface area contributed by atoms with Gasteiger partial charge in [0.25, 0.3) is 0 Å². The Labute approximate surface area is 257 Å². The zero-order chi connectivity index (χ0) is 31.3. The molecule has 4 saturated carbocycles. The summed E-state index contributed by atoms with van der Waals surface area (Å²) in [5.41, 5.74) is -0.604. The van der Waals surface area contributed by atoms with E-state index in [1.807, 2.05) is 30.3 Å². The summed E-state index contributed by atoms with van der Waals surface area (Å²) in [5, 5.41) is 12.7. The van der Waals surface area contributed by atoms with E-state index in [0.717, 1.165) is 43.2 Å². The summed E-state index contributed by atoms with van der Waals surface area (Å²) >= 11 is 0. The van der Waals surface area contributed by atoms with Crippen molar-refractivity contribution in [1.29, 1.82) is 0 Å². The molecule has 4 aliphatic rings. The number of fused-ring (bicyclic) bond motifs is 5. The first-order valence-electron chi connectivity index (χ1n) is 15.8. The minimum atomic E-state index is -1.07.